The molecular weight excluding hydrogens is 431 g/mol. The van der Waals surface area contributed by atoms with Crippen LogP contribution in [0.15, 0.2) is 18.2 Å². The fourth-order valence-corrected chi connectivity index (χ4v) is 4.09. The Morgan fingerprint density at radius 3 is 2.85 bits per heavy atom. The van der Waals surface area contributed by atoms with Gasteiger partial charge in [0.05, 0.1) is 24.3 Å². The van der Waals surface area contributed by atoms with Crippen LogP contribution in [0.25, 0.3) is 0 Å². The zero-order chi connectivity index (χ0) is 23.9. The molecule has 2 aliphatic heterocycles. The van der Waals surface area contributed by atoms with E-state index in [1.54, 1.807) is 17.9 Å². The number of hydrogen-bond acceptors (Lipinski definition) is 6. The molecule has 3 amide bonds. The van der Waals surface area contributed by atoms with Crippen molar-refractivity contribution in [3.05, 3.63) is 46.5 Å². The molecule has 172 valence electrons. The van der Waals surface area contributed by atoms with Gasteiger partial charge in [0, 0.05) is 37.2 Å². The van der Waals surface area contributed by atoms with Crippen molar-refractivity contribution in [2.75, 3.05) is 12.4 Å². The van der Waals surface area contributed by atoms with Gasteiger partial charge in [0.2, 0.25) is 0 Å². The molecule has 0 saturated carbocycles. The Labute approximate surface area is 189 Å². The Hall–Kier alpha value is -3.78. The summed E-state index contributed by atoms with van der Waals surface area (Å²) in [7, 11) is 1.45. The number of hydroxylamine groups is 2. The van der Waals surface area contributed by atoms with Crippen LogP contribution in [0.4, 0.5) is 14.9 Å². The number of halogens is 1. The molecule has 0 bridgehead atoms. The van der Waals surface area contributed by atoms with Crippen molar-refractivity contribution < 1.29 is 23.6 Å². The lowest BCUT2D eigenvalue weighted by Crippen LogP contribution is -2.45. The summed E-state index contributed by atoms with van der Waals surface area (Å²) < 4.78 is 15.1. The first-order valence-corrected chi connectivity index (χ1v) is 10.6. The van der Waals surface area contributed by atoms with Crippen LogP contribution >= 0.6 is 0 Å². The summed E-state index contributed by atoms with van der Waals surface area (Å²) in [5.74, 6) is -1.25. The van der Waals surface area contributed by atoms with Gasteiger partial charge in [-0.05, 0) is 25.1 Å². The van der Waals surface area contributed by atoms with E-state index in [4.69, 9.17) is 10.1 Å². The highest BCUT2D eigenvalue weighted by atomic mass is 19.1. The van der Waals surface area contributed by atoms with E-state index in [1.165, 1.54) is 23.9 Å². The van der Waals surface area contributed by atoms with Gasteiger partial charge in [0.15, 0.2) is 11.9 Å². The first-order chi connectivity index (χ1) is 15.7. The fourth-order valence-electron chi connectivity index (χ4n) is 4.09. The third kappa shape index (κ3) is 4.05. The molecule has 2 atom stereocenters. The van der Waals surface area contributed by atoms with Crippen LogP contribution in [0.1, 0.15) is 47.6 Å². The summed E-state index contributed by atoms with van der Waals surface area (Å²) in [4.78, 5) is 45.4. The molecule has 2 aliphatic rings. The Bertz CT molecular complexity index is 1190. The number of nitriles is 1. The number of anilines is 1. The van der Waals surface area contributed by atoms with Gasteiger partial charge in [-0.25, -0.2) is 14.2 Å². The van der Waals surface area contributed by atoms with E-state index in [2.05, 4.69) is 10.4 Å². The lowest BCUT2D eigenvalue weighted by atomic mass is 9.99. The monoisotopic (exact) mass is 454 g/mol. The molecule has 1 aromatic carbocycles. The van der Waals surface area contributed by atoms with Crippen LogP contribution in [-0.4, -0.2) is 56.7 Å². The predicted octanol–water partition coefficient (Wildman–Crippen LogP) is 2.24. The first kappa shape index (κ1) is 22.4. The minimum absolute atomic E-state index is 0.109. The van der Waals surface area contributed by atoms with Crippen LogP contribution in [-0.2, 0) is 29.1 Å². The highest BCUT2D eigenvalue weighted by Gasteiger charge is 2.38. The zero-order valence-electron chi connectivity index (χ0n) is 18.5. The van der Waals surface area contributed by atoms with Crippen molar-refractivity contribution in [1.29, 1.82) is 5.26 Å². The van der Waals surface area contributed by atoms with Crippen molar-refractivity contribution >= 4 is 23.4 Å². The molecular formula is C22H23FN6O4. The van der Waals surface area contributed by atoms with Gasteiger partial charge in [0.1, 0.15) is 17.6 Å². The summed E-state index contributed by atoms with van der Waals surface area (Å²) >= 11 is 0. The number of Topliss-reactive ketones (excluding diaryl/α,β-unsaturated/α-hetero) is 1. The van der Waals surface area contributed by atoms with Gasteiger partial charge >= 0.3 is 6.03 Å². The molecule has 2 aromatic rings. The van der Waals surface area contributed by atoms with Crippen LogP contribution in [0.5, 0.6) is 0 Å². The van der Waals surface area contributed by atoms with Gasteiger partial charge in [-0.3, -0.25) is 19.1 Å². The smallest absolute Gasteiger partial charge is 0.317 e. The van der Waals surface area contributed by atoms with E-state index in [-0.39, 0.29) is 48.3 Å². The molecule has 0 saturated heterocycles. The van der Waals surface area contributed by atoms with Gasteiger partial charge in [-0.15, -0.1) is 0 Å². The normalized spacial score (nSPS) is 19.9. The molecule has 33 heavy (non-hydrogen) atoms. The summed E-state index contributed by atoms with van der Waals surface area (Å²) in [6.07, 6.45) is -0.138. The fraction of sp³-hybridized carbons (Fsp3) is 0.409. The molecule has 0 aliphatic carbocycles. The molecule has 3 heterocycles. The van der Waals surface area contributed by atoms with Crippen molar-refractivity contribution in [1.82, 2.24) is 19.7 Å². The zero-order valence-corrected chi connectivity index (χ0v) is 18.5. The van der Waals surface area contributed by atoms with Gasteiger partial charge in [0.25, 0.3) is 5.91 Å². The van der Waals surface area contributed by atoms with Crippen LogP contribution < -0.4 is 5.32 Å². The summed E-state index contributed by atoms with van der Waals surface area (Å²) in [6.45, 7) is 3.82. The average molecular weight is 454 g/mol. The minimum atomic E-state index is -0.823. The SMILES string of the molecule is CCC(=O)C1Cn2nc3c(c2C(=O)N(C)O1)CN(C(=O)Nc1ccc(F)c(C#N)c1)[C@H](C)C3. The van der Waals surface area contributed by atoms with E-state index < -0.39 is 23.9 Å². The number of nitrogens with one attached hydrogen (secondary N) is 1. The average Bonchev–Trinajstić information content (AvgIpc) is 3.08. The number of amides is 3. The standard InChI is InChI=1S/C22H23FN6O4/c1-4-18(30)19-11-29-20(21(31)27(3)33-19)15-10-28(12(2)7-17(15)26-29)22(32)25-14-5-6-16(23)13(8-14)9-24/h5-6,8,12,19H,4,7,10-11H2,1-3H3,(H,25,32)/t12-,19?/m1/s1. The second kappa shape index (κ2) is 8.63. The number of urea groups is 1. The number of hydrogen-bond donors (Lipinski definition) is 1. The predicted molar refractivity (Wildman–Crippen MR) is 113 cm³/mol. The largest absolute Gasteiger partial charge is 0.322 e. The number of ketones is 1. The number of fused-ring (bicyclic) bond motifs is 3. The number of nitrogens with zero attached hydrogens (tertiary/aromatic N) is 5. The molecule has 1 unspecified atom stereocenters. The second-order valence-electron chi connectivity index (χ2n) is 8.09. The molecule has 1 N–H and O–H groups in total. The van der Waals surface area contributed by atoms with Crippen LogP contribution in [0, 0.1) is 17.1 Å². The summed E-state index contributed by atoms with van der Waals surface area (Å²) in [5, 5.41) is 17.3. The van der Waals surface area contributed by atoms with Crippen molar-refractivity contribution in [2.45, 2.75) is 51.9 Å². The minimum Gasteiger partial charge on any atom is -0.317 e. The van der Waals surface area contributed by atoms with Crippen molar-refractivity contribution in [2.24, 2.45) is 0 Å². The molecule has 10 nitrogen and oxygen atoms in total. The van der Waals surface area contributed by atoms with Crippen LogP contribution in [0.2, 0.25) is 0 Å². The lowest BCUT2D eigenvalue weighted by Gasteiger charge is -2.33. The number of aromatic nitrogens is 2. The lowest BCUT2D eigenvalue weighted by molar-refractivity contribution is -0.166. The number of carbonyl (C=O) groups is 3. The maximum absolute atomic E-state index is 13.6. The Balaban J connectivity index is 1.62. The molecule has 1 aromatic heterocycles. The Kier molecular flexibility index (Phi) is 5.86. The maximum Gasteiger partial charge on any atom is 0.322 e. The van der Waals surface area contributed by atoms with E-state index in [1.807, 2.05) is 6.92 Å². The molecule has 4 rings (SSSR count). The summed E-state index contributed by atoms with van der Waals surface area (Å²) in [5.41, 5.74) is 1.70. The van der Waals surface area contributed by atoms with E-state index in [0.29, 0.717) is 17.7 Å². The number of rotatable bonds is 3. The molecule has 0 spiro atoms. The highest BCUT2D eigenvalue weighted by molar-refractivity contribution is 5.95. The van der Waals surface area contributed by atoms with Crippen molar-refractivity contribution in [3.8, 4) is 6.07 Å². The summed E-state index contributed by atoms with van der Waals surface area (Å²) in [6, 6.07) is 4.82. The van der Waals surface area contributed by atoms with Gasteiger partial charge < -0.3 is 10.2 Å². The van der Waals surface area contributed by atoms with E-state index in [0.717, 1.165) is 11.1 Å². The van der Waals surface area contributed by atoms with Gasteiger partial charge in [-0.1, -0.05) is 6.92 Å². The second-order valence-corrected chi connectivity index (χ2v) is 8.09. The van der Waals surface area contributed by atoms with E-state index in [9.17, 15) is 18.8 Å². The first-order valence-electron chi connectivity index (χ1n) is 10.6. The third-order valence-corrected chi connectivity index (χ3v) is 5.90. The van der Waals surface area contributed by atoms with Gasteiger partial charge in [-0.2, -0.15) is 10.4 Å². The van der Waals surface area contributed by atoms with Crippen molar-refractivity contribution in [3.63, 3.8) is 0 Å². The Morgan fingerprint density at radius 1 is 1.39 bits per heavy atom. The molecule has 11 heteroatoms. The maximum atomic E-state index is 13.6. The Morgan fingerprint density at radius 2 is 2.15 bits per heavy atom. The molecule has 0 radical (unpaired) electrons. The highest BCUT2D eigenvalue weighted by Crippen LogP contribution is 2.29. The number of carbonyl (C=O) groups excluding carboxylic acids is 3. The van der Waals surface area contributed by atoms with E-state index >= 15 is 0 Å². The van der Waals surface area contributed by atoms with Crippen LogP contribution in [0.3, 0.4) is 0 Å². The third-order valence-electron chi connectivity index (χ3n) is 5.90. The molecule has 0 fully saturated rings. The quantitative estimate of drug-likeness (QED) is 0.759. The topological polar surface area (TPSA) is 121 Å². The number of benzene rings is 1.